The third-order valence-corrected chi connectivity index (χ3v) is 6.34. The van der Waals surface area contributed by atoms with Crippen LogP contribution < -0.4 is 0 Å². The number of nitrogens with zero attached hydrogens (tertiary/aromatic N) is 1. The molecule has 4 heteroatoms. The number of nitro groups is 1. The number of benzene rings is 3. The molecule has 1 aliphatic carbocycles. The van der Waals surface area contributed by atoms with E-state index in [0.717, 1.165) is 48.3 Å². The predicted octanol–water partition coefficient (Wildman–Crippen LogP) is 7.30. The van der Waals surface area contributed by atoms with E-state index < -0.39 is 0 Å². The predicted molar refractivity (Wildman–Crippen MR) is 126 cm³/mol. The van der Waals surface area contributed by atoms with Crippen LogP contribution in [-0.4, -0.2) is 4.92 Å². The Balaban J connectivity index is 1.78. The summed E-state index contributed by atoms with van der Waals surface area (Å²) in [7, 11) is 0. The summed E-state index contributed by atoms with van der Waals surface area (Å²) in [6, 6.07) is 27.8. The normalized spacial score (nSPS) is 13.5. The molecule has 0 saturated heterocycles. The van der Waals surface area contributed by atoms with Crippen molar-refractivity contribution in [2.75, 3.05) is 0 Å². The molecule has 4 aromatic rings. The van der Waals surface area contributed by atoms with Crippen LogP contribution in [0.15, 0.2) is 89.3 Å². The number of hydrogen-bond donors (Lipinski definition) is 0. The lowest BCUT2D eigenvalue weighted by molar-refractivity contribution is -0.384. The van der Waals surface area contributed by atoms with E-state index in [0.29, 0.717) is 0 Å². The zero-order chi connectivity index (χ0) is 21.9. The highest BCUT2D eigenvalue weighted by Crippen LogP contribution is 2.45. The zero-order valence-electron chi connectivity index (χ0n) is 17.9. The topological polar surface area (TPSA) is 56.3 Å². The van der Waals surface area contributed by atoms with E-state index in [2.05, 4.69) is 48.5 Å². The first kappa shape index (κ1) is 20.3. The number of hydrogen-bond acceptors (Lipinski definition) is 3. The second-order valence-electron chi connectivity index (χ2n) is 8.37. The van der Waals surface area contributed by atoms with Gasteiger partial charge in [0.05, 0.1) is 4.92 Å². The van der Waals surface area contributed by atoms with Crippen molar-refractivity contribution in [2.24, 2.45) is 0 Å². The number of fused-ring (bicyclic) bond motifs is 1. The molecular weight excluding hydrogens is 398 g/mol. The maximum Gasteiger partial charge on any atom is 0.270 e. The first-order valence-corrected chi connectivity index (χ1v) is 11.2. The third kappa shape index (κ3) is 3.84. The fourth-order valence-electron chi connectivity index (χ4n) is 4.86. The van der Waals surface area contributed by atoms with E-state index in [4.69, 9.17) is 4.42 Å². The van der Waals surface area contributed by atoms with E-state index in [1.807, 2.05) is 18.2 Å². The van der Waals surface area contributed by atoms with Gasteiger partial charge >= 0.3 is 0 Å². The second-order valence-corrected chi connectivity index (χ2v) is 8.37. The van der Waals surface area contributed by atoms with E-state index in [9.17, 15) is 10.1 Å². The van der Waals surface area contributed by atoms with Crippen molar-refractivity contribution in [3.8, 4) is 11.3 Å². The Hall–Kier alpha value is -3.66. The van der Waals surface area contributed by atoms with E-state index in [1.165, 1.54) is 29.2 Å². The highest BCUT2D eigenvalue weighted by molar-refractivity contribution is 5.70. The van der Waals surface area contributed by atoms with Crippen LogP contribution in [0.4, 0.5) is 5.69 Å². The van der Waals surface area contributed by atoms with Gasteiger partial charge in [0, 0.05) is 35.6 Å². The maximum absolute atomic E-state index is 11.5. The van der Waals surface area contributed by atoms with Gasteiger partial charge in [0.15, 0.2) is 0 Å². The molecule has 1 aromatic heterocycles. The Labute approximate surface area is 187 Å². The summed E-state index contributed by atoms with van der Waals surface area (Å²) >= 11 is 0. The molecule has 0 unspecified atom stereocenters. The van der Waals surface area contributed by atoms with E-state index in [-0.39, 0.29) is 16.5 Å². The average Bonchev–Trinajstić information content (AvgIpc) is 3.02. The fraction of sp³-hybridized carbons (Fsp3) is 0.214. The summed E-state index contributed by atoms with van der Waals surface area (Å²) in [5.74, 6) is 1.80. The Kier molecular flexibility index (Phi) is 5.59. The average molecular weight is 424 g/mol. The van der Waals surface area contributed by atoms with Gasteiger partial charge in [-0.1, -0.05) is 79.2 Å². The Bertz CT molecular complexity index is 1190. The molecule has 160 valence electrons. The monoisotopic (exact) mass is 423 g/mol. The van der Waals surface area contributed by atoms with Crippen LogP contribution >= 0.6 is 0 Å². The number of aryl methyl sites for hydroxylation is 1. The second kappa shape index (κ2) is 8.83. The van der Waals surface area contributed by atoms with Gasteiger partial charge in [-0.25, -0.2) is 0 Å². The molecule has 0 radical (unpaired) electrons. The minimum atomic E-state index is -0.344. The molecular formula is C28H25NO3. The molecule has 0 atom stereocenters. The molecule has 0 amide bonds. The van der Waals surface area contributed by atoms with Gasteiger partial charge < -0.3 is 4.42 Å². The first-order chi connectivity index (χ1) is 15.7. The van der Waals surface area contributed by atoms with Crippen LogP contribution in [0.25, 0.3) is 11.3 Å². The molecule has 1 heterocycles. The van der Waals surface area contributed by atoms with Crippen molar-refractivity contribution < 1.29 is 9.34 Å². The molecule has 0 saturated carbocycles. The van der Waals surface area contributed by atoms with Gasteiger partial charge in [-0.2, -0.15) is 0 Å². The molecule has 32 heavy (non-hydrogen) atoms. The lowest BCUT2D eigenvalue weighted by Crippen LogP contribution is -2.07. The molecule has 0 bridgehead atoms. The summed E-state index contributed by atoms with van der Waals surface area (Å²) in [6.07, 6.45) is 5.31. The van der Waals surface area contributed by atoms with Crippen LogP contribution in [0.2, 0.25) is 0 Å². The molecule has 3 aromatic carbocycles. The summed E-state index contributed by atoms with van der Waals surface area (Å²) in [5, 5.41) is 11.5. The summed E-state index contributed by atoms with van der Waals surface area (Å²) < 4.78 is 6.54. The van der Waals surface area contributed by atoms with Gasteiger partial charge in [-0.05, 0) is 36.0 Å². The van der Waals surface area contributed by atoms with Crippen molar-refractivity contribution in [2.45, 2.75) is 38.0 Å². The molecule has 0 aliphatic heterocycles. The maximum atomic E-state index is 11.5. The lowest BCUT2D eigenvalue weighted by Gasteiger charge is -2.21. The number of non-ortho nitro benzene ring substituents is 1. The van der Waals surface area contributed by atoms with Gasteiger partial charge in [0.25, 0.3) is 5.69 Å². The Morgan fingerprint density at radius 3 is 2.09 bits per heavy atom. The molecule has 0 spiro atoms. The standard InChI is InChI=1S/C28H25NO3/c30-29(31)23-16-10-15-22(19-23)28-27(24-17-8-3-9-18-25(24)32-28)26(20-11-4-1-5-12-20)21-13-6-2-7-14-21/h1-2,4-7,10-16,19,26H,3,8-9,17-18H2. The van der Waals surface area contributed by atoms with E-state index in [1.54, 1.807) is 12.1 Å². The van der Waals surface area contributed by atoms with Crippen LogP contribution in [0, 0.1) is 10.1 Å². The van der Waals surface area contributed by atoms with Crippen LogP contribution in [0.1, 0.15) is 53.2 Å². The number of nitro benzene ring substituents is 1. The minimum Gasteiger partial charge on any atom is -0.460 e. The highest BCUT2D eigenvalue weighted by atomic mass is 16.6. The van der Waals surface area contributed by atoms with Gasteiger partial charge in [0.1, 0.15) is 11.5 Å². The summed E-state index contributed by atoms with van der Waals surface area (Å²) in [4.78, 5) is 11.1. The smallest absolute Gasteiger partial charge is 0.270 e. The molecule has 0 N–H and O–H groups in total. The largest absolute Gasteiger partial charge is 0.460 e. The molecule has 5 rings (SSSR count). The summed E-state index contributed by atoms with van der Waals surface area (Å²) in [5.41, 5.74) is 5.66. The molecule has 4 nitrogen and oxygen atoms in total. The minimum absolute atomic E-state index is 0.00253. The van der Waals surface area contributed by atoms with Gasteiger partial charge in [0.2, 0.25) is 0 Å². The molecule has 0 fully saturated rings. The van der Waals surface area contributed by atoms with Crippen molar-refractivity contribution >= 4 is 5.69 Å². The van der Waals surface area contributed by atoms with E-state index >= 15 is 0 Å². The highest BCUT2D eigenvalue weighted by Gasteiger charge is 2.30. The number of furan rings is 1. The van der Waals surface area contributed by atoms with Crippen molar-refractivity contribution in [1.29, 1.82) is 0 Å². The zero-order valence-corrected chi connectivity index (χ0v) is 17.9. The summed E-state index contributed by atoms with van der Waals surface area (Å²) in [6.45, 7) is 0. The Morgan fingerprint density at radius 1 is 0.781 bits per heavy atom. The van der Waals surface area contributed by atoms with Crippen LogP contribution in [-0.2, 0) is 12.8 Å². The first-order valence-electron chi connectivity index (χ1n) is 11.2. The van der Waals surface area contributed by atoms with Crippen molar-refractivity contribution in [3.63, 3.8) is 0 Å². The SMILES string of the molecule is O=[N+]([O-])c1cccc(-c2oc3c(c2C(c2ccccc2)c2ccccc2)CCCCC3)c1. The quantitative estimate of drug-likeness (QED) is 0.192. The van der Waals surface area contributed by atoms with Gasteiger partial charge in [-0.3, -0.25) is 10.1 Å². The lowest BCUT2D eigenvalue weighted by atomic mass is 9.81. The van der Waals surface area contributed by atoms with Crippen LogP contribution in [0.5, 0.6) is 0 Å². The number of rotatable bonds is 5. The fourth-order valence-corrected chi connectivity index (χ4v) is 4.86. The van der Waals surface area contributed by atoms with Crippen molar-refractivity contribution in [3.05, 3.63) is 123 Å². The van der Waals surface area contributed by atoms with Crippen molar-refractivity contribution in [1.82, 2.24) is 0 Å². The van der Waals surface area contributed by atoms with Gasteiger partial charge in [-0.15, -0.1) is 0 Å². The Morgan fingerprint density at radius 2 is 1.44 bits per heavy atom. The van der Waals surface area contributed by atoms with Crippen LogP contribution in [0.3, 0.4) is 0 Å². The third-order valence-electron chi connectivity index (χ3n) is 6.34. The molecule has 1 aliphatic rings.